The zero-order valence-electron chi connectivity index (χ0n) is 23.4. The number of fused-ring (bicyclic) bond motifs is 3. The molecule has 1 aromatic carbocycles. The van der Waals surface area contributed by atoms with Gasteiger partial charge in [0.25, 0.3) is 5.91 Å². The van der Waals surface area contributed by atoms with Gasteiger partial charge in [-0.2, -0.15) is 0 Å². The summed E-state index contributed by atoms with van der Waals surface area (Å²) in [5.74, 6) is -6.74. The molecule has 0 radical (unpaired) electrons. The number of phenols is 1. The smallest absolute Gasteiger partial charge is 0.255 e. The van der Waals surface area contributed by atoms with E-state index < -0.39 is 58.0 Å². The fourth-order valence-electron chi connectivity index (χ4n) is 6.47. The van der Waals surface area contributed by atoms with Gasteiger partial charge in [-0.25, -0.2) is 0 Å². The van der Waals surface area contributed by atoms with E-state index in [4.69, 9.17) is 5.73 Å². The molecule has 40 heavy (non-hydrogen) atoms. The highest BCUT2D eigenvalue weighted by Gasteiger charge is 2.63. The highest BCUT2D eigenvalue weighted by Crippen LogP contribution is 2.53. The molecule has 12 heteroatoms. The third-order valence-corrected chi connectivity index (χ3v) is 8.46. The first-order chi connectivity index (χ1) is 18.7. The molecular formula is C28H38N4O8. The molecule has 0 heterocycles. The molecule has 0 fully saturated rings. The Hall–Kier alpha value is -3.45. The number of phenolic OH excluding ortho intramolecular Hbond substituents is 1. The van der Waals surface area contributed by atoms with Crippen LogP contribution in [-0.2, 0) is 22.6 Å². The monoisotopic (exact) mass is 558 g/mol. The van der Waals surface area contributed by atoms with Crippen LogP contribution in [0.3, 0.4) is 0 Å². The Morgan fingerprint density at radius 2 is 1.85 bits per heavy atom. The molecule has 1 aromatic rings. The fourth-order valence-corrected chi connectivity index (χ4v) is 6.47. The average Bonchev–Trinajstić information content (AvgIpc) is 2.85. The molecular weight excluding hydrogens is 520 g/mol. The van der Waals surface area contributed by atoms with Crippen LogP contribution >= 0.6 is 0 Å². The van der Waals surface area contributed by atoms with Gasteiger partial charge in [-0.3, -0.25) is 19.3 Å². The van der Waals surface area contributed by atoms with Crippen molar-refractivity contribution in [2.45, 2.75) is 50.4 Å². The molecule has 1 amide bonds. The van der Waals surface area contributed by atoms with Crippen molar-refractivity contribution in [2.75, 3.05) is 39.7 Å². The van der Waals surface area contributed by atoms with E-state index in [0.29, 0.717) is 23.2 Å². The lowest BCUT2D eigenvalue weighted by atomic mass is 9.58. The second kappa shape index (κ2) is 10.5. The van der Waals surface area contributed by atoms with E-state index in [9.17, 15) is 39.9 Å². The summed E-state index contributed by atoms with van der Waals surface area (Å²) in [6.07, 6.45) is 0.734. The van der Waals surface area contributed by atoms with Gasteiger partial charge >= 0.3 is 0 Å². The number of nitrogens with two attached hydrogens (primary N) is 1. The summed E-state index contributed by atoms with van der Waals surface area (Å²) in [5.41, 5.74) is 3.32. The van der Waals surface area contributed by atoms with Crippen molar-refractivity contribution in [1.82, 2.24) is 10.2 Å². The van der Waals surface area contributed by atoms with Gasteiger partial charge in [0.05, 0.1) is 11.6 Å². The maximum Gasteiger partial charge on any atom is 0.255 e. The van der Waals surface area contributed by atoms with E-state index in [2.05, 4.69) is 5.32 Å². The van der Waals surface area contributed by atoms with Gasteiger partial charge in [0.1, 0.15) is 22.8 Å². The molecule has 12 nitrogen and oxygen atoms in total. The lowest BCUT2D eigenvalue weighted by molar-refractivity contribution is -0.148. The van der Waals surface area contributed by atoms with Crippen molar-refractivity contribution < 1.29 is 39.9 Å². The number of hydrogen-bond donors (Lipinski definition) is 7. The number of likely N-dealkylation sites (N-methyl/N-ethyl adjacent to an activating group) is 1. The number of allylic oxidation sites excluding steroid dienone is 1. The van der Waals surface area contributed by atoms with Gasteiger partial charge in [0.15, 0.2) is 11.4 Å². The summed E-state index contributed by atoms with van der Waals surface area (Å²) in [5, 5.41) is 57.8. The minimum absolute atomic E-state index is 0.0116. The Morgan fingerprint density at radius 1 is 1.20 bits per heavy atom. The van der Waals surface area contributed by atoms with Crippen LogP contribution in [0.25, 0.3) is 0 Å². The Balaban J connectivity index is 1.90. The predicted octanol–water partition coefficient (Wildman–Crippen LogP) is 0.0471. The van der Waals surface area contributed by atoms with Crippen LogP contribution in [0.1, 0.15) is 41.3 Å². The fraction of sp³-hybridized carbons (Fsp3) is 0.536. The molecule has 8 N–H and O–H groups in total. The number of amides is 1. The van der Waals surface area contributed by atoms with Crippen molar-refractivity contribution in [3.8, 4) is 5.75 Å². The number of nitrogens with zero attached hydrogens (tertiary/aromatic N) is 2. The molecule has 3 aliphatic carbocycles. The first-order valence-electron chi connectivity index (χ1n) is 13.2. The number of benzene rings is 1. The molecule has 0 bridgehead atoms. The number of hydrogen-bond acceptors (Lipinski definition) is 11. The first-order valence-corrected chi connectivity index (χ1v) is 13.2. The molecule has 0 aromatic heterocycles. The van der Waals surface area contributed by atoms with E-state index in [1.807, 2.05) is 11.8 Å². The zero-order valence-corrected chi connectivity index (χ0v) is 23.4. The molecule has 3 aliphatic rings. The minimum atomic E-state index is -2.68. The quantitative estimate of drug-likeness (QED) is 0.213. The van der Waals surface area contributed by atoms with Crippen molar-refractivity contribution in [3.05, 3.63) is 45.4 Å². The van der Waals surface area contributed by atoms with Crippen molar-refractivity contribution in [3.63, 3.8) is 0 Å². The molecule has 1 unspecified atom stereocenters. The number of Topliss-reactive ketones (excluding diaryl/α,β-unsaturated/α-hetero) is 2. The van der Waals surface area contributed by atoms with Crippen LogP contribution in [0.2, 0.25) is 0 Å². The third kappa shape index (κ3) is 4.35. The Labute approximate surface area is 232 Å². The molecule has 218 valence electrons. The Bertz CT molecular complexity index is 1330. The number of anilines is 1. The Kier molecular flexibility index (Phi) is 7.76. The van der Waals surface area contributed by atoms with Crippen LogP contribution in [0.15, 0.2) is 28.7 Å². The van der Waals surface area contributed by atoms with Crippen LogP contribution in [0.4, 0.5) is 5.69 Å². The second-order valence-electron chi connectivity index (χ2n) is 11.4. The van der Waals surface area contributed by atoms with Crippen LogP contribution in [0, 0.1) is 11.8 Å². The lowest BCUT2D eigenvalue weighted by Crippen LogP contribution is -2.63. The summed E-state index contributed by atoms with van der Waals surface area (Å²) in [7, 11) is 6.79. The number of aromatic hydroxyl groups is 1. The number of carbonyl (C=O) groups excluding carboxylic acids is 3. The number of aliphatic hydroxyl groups excluding tert-OH is 3. The molecule has 5 atom stereocenters. The number of primary amides is 1. The number of carbonyl (C=O) groups is 3. The van der Waals surface area contributed by atoms with E-state index in [0.717, 1.165) is 0 Å². The minimum Gasteiger partial charge on any atom is -0.510 e. The molecule has 0 saturated carbocycles. The highest BCUT2D eigenvalue weighted by atomic mass is 16.3. The summed E-state index contributed by atoms with van der Waals surface area (Å²) < 4.78 is 0. The third-order valence-electron chi connectivity index (χ3n) is 8.46. The van der Waals surface area contributed by atoms with Gasteiger partial charge in [-0.1, -0.05) is 0 Å². The Morgan fingerprint density at radius 3 is 2.40 bits per heavy atom. The largest absolute Gasteiger partial charge is 0.510 e. The van der Waals surface area contributed by atoms with Gasteiger partial charge in [0, 0.05) is 56.0 Å². The second-order valence-corrected chi connectivity index (χ2v) is 11.4. The predicted molar refractivity (Wildman–Crippen MR) is 146 cm³/mol. The standard InChI is InChI=1S/C28H38N4O8/c1-12(6-7-33)30-11-14-10-17(31(2)3)15-8-13-9-16-21(32(4)5)24(36)20(27(29)39)26(38)28(16,40)25(37)18(13)23(35)19(15)22(14)34/h10,12-13,16,21,30,33-34,36-37,40H,6-9,11H2,1-5H3,(H2,29,39)/t12?,13-,16-,21-,28-/m0/s1. The molecule has 4 rings (SSSR count). The van der Waals surface area contributed by atoms with Gasteiger partial charge in [0.2, 0.25) is 5.78 Å². The van der Waals surface area contributed by atoms with Crippen molar-refractivity contribution in [2.24, 2.45) is 17.6 Å². The number of ketones is 2. The molecule has 0 spiro atoms. The summed E-state index contributed by atoms with van der Waals surface area (Å²) >= 11 is 0. The van der Waals surface area contributed by atoms with E-state index in [1.54, 1.807) is 34.3 Å². The normalized spacial score (nSPS) is 26.9. The summed E-state index contributed by atoms with van der Waals surface area (Å²) in [4.78, 5) is 42.9. The summed E-state index contributed by atoms with van der Waals surface area (Å²) in [6, 6.07) is 0.681. The van der Waals surface area contributed by atoms with Crippen LogP contribution in [0.5, 0.6) is 5.75 Å². The molecule has 0 saturated heterocycles. The van der Waals surface area contributed by atoms with Crippen molar-refractivity contribution >= 4 is 23.2 Å². The van der Waals surface area contributed by atoms with E-state index in [-0.39, 0.29) is 48.9 Å². The van der Waals surface area contributed by atoms with Crippen LogP contribution in [-0.4, -0.2) is 100 Å². The number of aliphatic hydroxyl groups is 4. The van der Waals surface area contributed by atoms with Gasteiger partial charge in [-0.05, 0) is 57.8 Å². The zero-order chi connectivity index (χ0) is 29.8. The topological polar surface area (TPSA) is 197 Å². The van der Waals surface area contributed by atoms with E-state index in [1.165, 1.54) is 4.90 Å². The van der Waals surface area contributed by atoms with Crippen LogP contribution < -0.4 is 16.0 Å². The van der Waals surface area contributed by atoms with Crippen molar-refractivity contribution in [1.29, 1.82) is 0 Å². The highest BCUT2D eigenvalue weighted by molar-refractivity contribution is 6.24. The number of nitrogens with one attached hydrogen (secondary N) is 1. The maximum absolute atomic E-state index is 14.0. The molecule has 0 aliphatic heterocycles. The lowest BCUT2D eigenvalue weighted by Gasteiger charge is -2.50. The van der Waals surface area contributed by atoms with Gasteiger partial charge in [-0.15, -0.1) is 0 Å². The van der Waals surface area contributed by atoms with Gasteiger partial charge < -0.3 is 41.5 Å². The summed E-state index contributed by atoms with van der Waals surface area (Å²) in [6.45, 7) is 2.07. The first kappa shape index (κ1) is 29.5. The number of rotatable bonds is 8. The average molecular weight is 559 g/mol. The van der Waals surface area contributed by atoms with E-state index >= 15 is 0 Å². The maximum atomic E-state index is 14.0. The SMILES string of the molecule is CC(CCO)NCc1cc(N(C)C)c2c(c1O)C(=O)C1=C(O)[C@]3(O)C(=O)C(C(N)=O)=C(O)[C@@H](N(C)C)[C@@H]3C[C@@H]1C2.